The van der Waals surface area contributed by atoms with Crippen molar-refractivity contribution in [2.75, 3.05) is 14.2 Å². The first-order valence-electron chi connectivity index (χ1n) is 8.19. The van der Waals surface area contributed by atoms with Crippen LogP contribution in [0.3, 0.4) is 0 Å². The molecule has 25 heavy (non-hydrogen) atoms. The maximum atomic E-state index is 12.1. The number of nitrogens with zero attached hydrogens (tertiary/aromatic N) is 1. The van der Waals surface area contributed by atoms with Gasteiger partial charge in [0, 0.05) is 23.6 Å². The molecule has 3 aromatic rings. The first-order valence-corrected chi connectivity index (χ1v) is 8.19. The van der Waals surface area contributed by atoms with Crippen LogP contribution in [0.15, 0.2) is 42.5 Å². The van der Waals surface area contributed by atoms with E-state index < -0.39 is 5.97 Å². The average molecular weight is 339 g/mol. The number of fused-ring (bicyclic) bond motifs is 1. The molecule has 0 fully saturated rings. The molecule has 0 radical (unpaired) electrons. The molecule has 0 aliphatic rings. The van der Waals surface area contributed by atoms with Gasteiger partial charge in [0.25, 0.3) is 0 Å². The van der Waals surface area contributed by atoms with Crippen LogP contribution in [0.1, 0.15) is 23.8 Å². The van der Waals surface area contributed by atoms with Crippen molar-refractivity contribution in [1.29, 1.82) is 0 Å². The summed E-state index contributed by atoms with van der Waals surface area (Å²) in [5.74, 6) is 0.223. The van der Waals surface area contributed by atoms with E-state index >= 15 is 0 Å². The Labute approximate surface area is 146 Å². The first-order chi connectivity index (χ1) is 12.1. The van der Waals surface area contributed by atoms with Gasteiger partial charge in [-0.2, -0.15) is 0 Å². The van der Waals surface area contributed by atoms with Crippen molar-refractivity contribution < 1.29 is 19.4 Å². The maximum Gasteiger partial charge on any atom is 0.353 e. The van der Waals surface area contributed by atoms with Gasteiger partial charge in [-0.1, -0.05) is 37.3 Å². The van der Waals surface area contributed by atoms with Crippen molar-refractivity contribution in [3.63, 3.8) is 0 Å². The van der Waals surface area contributed by atoms with Gasteiger partial charge in [-0.05, 0) is 18.1 Å². The SMILES string of the molecule is CCCn1c(C(=O)O)c(-c2ccccc2)c2cc(OC)c(OC)cc21. The lowest BCUT2D eigenvalue weighted by molar-refractivity contribution is 0.0686. The van der Waals surface area contributed by atoms with Crippen LogP contribution >= 0.6 is 0 Å². The summed E-state index contributed by atoms with van der Waals surface area (Å²) in [5, 5.41) is 10.7. The van der Waals surface area contributed by atoms with Gasteiger partial charge in [-0.25, -0.2) is 4.79 Å². The number of carbonyl (C=O) groups is 1. The molecule has 0 aliphatic carbocycles. The zero-order chi connectivity index (χ0) is 18.0. The van der Waals surface area contributed by atoms with E-state index in [-0.39, 0.29) is 0 Å². The van der Waals surface area contributed by atoms with Crippen LogP contribution in [0.5, 0.6) is 11.5 Å². The van der Waals surface area contributed by atoms with Crippen LogP contribution in [0.4, 0.5) is 0 Å². The predicted molar refractivity (Wildman–Crippen MR) is 97.7 cm³/mol. The number of benzene rings is 2. The van der Waals surface area contributed by atoms with E-state index in [0.29, 0.717) is 29.3 Å². The van der Waals surface area contributed by atoms with Gasteiger partial charge in [0.15, 0.2) is 11.5 Å². The number of hydrogen-bond donors (Lipinski definition) is 1. The van der Waals surface area contributed by atoms with E-state index in [4.69, 9.17) is 9.47 Å². The van der Waals surface area contributed by atoms with E-state index in [9.17, 15) is 9.90 Å². The van der Waals surface area contributed by atoms with Crippen molar-refractivity contribution in [3.8, 4) is 22.6 Å². The zero-order valence-electron chi connectivity index (χ0n) is 14.6. The minimum Gasteiger partial charge on any atom is -0.493 e. The van der Waals surface area contributed by atoms with Crippen molar-refractivity contribution in [2.24, 2.45) is 0 Å². The quantitative estimate of drug-likeness (QED) is 0.721. The van der Waals surface area contributed by atoms with Gasteiger partial charge < -0.3 is 19.1 Å². The first kappa shape index (κ1) is 16.9. The second kappa shape index (κ2) is 6.89. The zero-order valence-corrected chi connectivity index (χ0v) is 14.6. The maximum absolute atomic E-state index is 12.1. The third-order valence-electron chi connectivity index (χ3n) is 4.28. The second-order valence-corrected chi connectivity index (χ2v) is 5.77. The number of hydrogen-bond acceptors (Lipinski definition) is 3. The van der Waals surface area contributed by atoms with Gasteiger partial charge in [0.2, 0.25) is 0 Å². The molecule has 0 bridgehead atoms. The van der Waals surface area contributed by atoms with Gasteiger partial charge >= 0.3 is 5.97 Å². The molecule has 5 nitrogen and oxygen atoms in total. The normalized spacial score (nSPS) is 10.8. The summed E-state index contributed by atoms with van der Waals surface area (Å²) in [7, 11) is 3.15. The monoisotopic (exact) mass is 339 g/mol. The lowest BCUT2D eigenvalue weighted by Crippen LogP contribution is -2.09. The second-order valence-electron chi connectivity index (χ2n) is 5.77. The molecule has 130 valence electrons. The van der Waals surface area contributed by atoms with E-state index in [0.717, 1.165) is 22.9 Å². The fourth-order valence-electron chi connectivity index (χ4n) is 3.25. The summed E-state index contributed by atoms with van der Waals surface area (Å²) in [6.07, 6.45) is 0.826. The number of aromatic carboxylic acids is 1. The lowest BCUT2D eigenvalue weighted by Gasteiger charge is -2.10. The number of aryl methyl sites for hydroxylation is 1. The molecule has 1 aromatic heterocycles. The highest BCUT2D eigenvalue weighted by Crippen LogP contribution is 2.41. The van der Waals surface area contributed by atoms with E-state index in [1.807, 2.05) is 54.0 Å². The Morgan fingerprint density at radius 1 is 1.08 bits per heavy atom. The highest BCUT2D eigenvalue weighted by molar-refractivity contribution is 6.09. The Bertz CT molecular complexity index is 913. The minimum absolute atomic E-state index is 0.290. The number of ether oxygens (including phenoxy) is 2. The van der Waals surface area contributed by atoms with Gasteiger partial charge in [0.1, 0.15) is 5.69 Å². The van der Waals surface area contributed by atoms with Crippen LogP contribution in [-0.2, 0) is 6.54 Å². The van der Waals surface area contributed by atoms with Crippen molar-refractivity contribution in [3.05, 3.63) is 48.2 Å². The van der Waals surface area contributed by atoms with Crippen LogP contribution in [0.25, 0.3) is 22.0 Å². The summed E-state index contributed by atoms with van der Waals surface area (Å²) in [6, 6.07) is 13.3. The highest BCUT2D eigenvalue weighted by atomic mass is 16.5. The van der Waals surface area contributed by atoms with Crippen LogP contribution in [0.2, 0.25) is 0 Å². The van der Waals surface area contributed by atoms with Crippen LogP contribution in [-0.4, -0.2) is 29.9 Å². The Balaban J connectivity index is 2.46. The molecule has 0 saturated carbocycles. The molecule has 1 N–H and O–H groups in total. The fraction of sp³-hybridized carbons (Fsp3) is 0.250. The smallest absolute Gasteiger partial charge is 0.353 e. The molecular formula is C20H21NO4. The van der Waals surface area contributed by atoms with Crippen LogP contribution < -0.4 is 9.47 Å². The molecule has 0 spiro atoms. The van der Waals surface area contributed by atoms with Gasteiger partial charge in [-0.3, -0.25) is 0 Å². The summed E-state index contributed by atoms with van der Waals surface area (Å²) >= 11 is 0. The minimum atomic E-state index is -0.943. The molecule has 0 aliphatic heterocycles. The van der Waals surface area contributed by atoms with Crippen molar-refractivity contribution in [1.82, 2.24) is 4.57 Å². The lowest BCUT2D eigenvalue weighted by atomic mass is 10.0. The summed E-state index contributed by atoms with van der Waals surface area (Å²) in [4.78, 5) is 12.1. The molecule has 5 heteroatoms. The van der Waals surface area contributed by atoms with Crippen molar-refractivity contribution >= 4 is 16.9 Å². The Hall–Kier alpha value is -2.95. The van der Waals surface area contributed by atoms with Gasteiger partial charge in [-0.15, -0.1) is 0 Å². The molecule has 0 atom stereocenters. The Kier molecular flexibility index (Phi) is 4.65. The number of methoxy groups -OCH3 is 2. The molecule has 0 saturated heterocycles. The summed E-state index contributed by atoms with van der Waals surface area (Å²) < 4.78 is 12.7. The average Bonchev–Trinajstić information content (AvgIpc) is 2.95. The predicted octanol–water partition coefficient (Wildman–Crippen LogP) is 4.43. The van der Waals surface area contributed by atoms with Crippen LogP contribution in [0, 0.1) is 0 Å². The number of aromatic nitrogens is 1. The highest BCUT2D eigenvalue weighted by Gasteiger charge is 2.24. The molecule has 2 aromatic carbocycles. The summed E-state index contributed by atoms with van der Waals surface area (Å²) in [5.41, 5.74) is 2.69. The number of carboxylic acid groups (broad SMARTS) is 1. The molecule has 1 heterocycles. The molecule has 3 rings (SSSR count). The summed E-state index contributed by atoms with van der Waals surface area (Å²) in [6.45, 7) is 2.64. The molecule has 0 unspecified atom stereocenters. The fourth-order valence-corrected chi connectivity index (χ4v) is 3.25. The molecule has 0 amide bonds. The number of carboxylic acids is 1. The Morgan fingerprint density at radius 2 is 1.72 bits per heavy atom. The van der Waals surface area contributed by atoms with E-state index in [2.05, 4.69) is 0 Å². The standard InChI is InChI=1S/C20H21NO4/c1-4-10-21-15-12-17(25-3)16(24-2)11-14(15)18(19(21)20(22)23)13-8-6-5-7-9-13/h5-9,11-12H,4,10H2,1-3H3,(H,22,23). The molecular weight excluding hydrogens is 318 g/mol. The third kappa shape index (κ3) is 2.82. The van der Waals surface area contributed by atoms with E-state index in [1.165, 1.54) is 0 Å². The number of rotatable bonds is 6. The van der Waals surface area contributed by atoms with E-state index in [1.54, 1.807) is 14.2 Å². The topological polar surface area (TPSA) is 60.7 Å². The third-order valence-corrected chi connectivity index (χ3v) is 4.28. The Morgan fingerprint density at radius 3 is 2.28 bits per heavy atom. The largest absolute Gasteiger partial charge is 0.493 e. The van der Waals surface area contributed by atoms with Gasteiger partial charge in [0.05, 0.1) is 19.7 Å². The van der Waals surface area contributed by atoms with Crippen molar-refractivity contribution in [2.45, 2.75) is 19.9 Å².